The monoisotopic (exact) mass is 626 g/mol. The van der Waals surface area contributed by atoms with Gasteiger partial charge in [0, 0.05) is 32.9 Å². The summed E-state index contributed by atoms with van der Waals surface area (Å²) in [6, 6.07) is 62.3. The summed E-state index contributed by atoms with van der Waals surface area (Å²) in [5.41, 5.74) is 12.5. The zero-order valence-corrected chi connectivity index (χ0v) is 27.6. The van der Waals surface area contributed by atoms with Gasteiger partial charge in [0.25, 0.3) is 0 Å². The van der Waals surface area contributed by atoms with Crippen LogP contribution in [0.2, 0.25) is 0 Å². The average molecular weight is 627 g/mol. The second-order valence-electron chi connectivity index (χ2n) is 13.8. The van der Waals surface area contributed by atoms with Gasteiger partial charge < -0.3 is 9.47 Å². The number of benzene rings is 8. The molecule has 0 radical (unpaired) electrons. The van der Waals surface area contributed by atoms with Crippen LogP contribution in [0.4, 0.5) is 17.1 Å². The maximum absolute atomic E-state index is 2.49. The fraction of sp³-hybridized carbons (Fsp3) is 0.0638. The molecule has 49 heavy (non-hydrogen) atoms. The second kappa shape index (κ2) is 10.4. The molecule has 0 fully saturated rings. The van der Waals surface area contributed by atoms with Crippen molar-refractivity contribution in [2.75, 3.05) is 4.90 Å². The van der Waals surface area contributed by atoms with Crippen molar-refractivity contribution in [3.63, 3.8) is 0 Å². The third-order valence-corrected chi connectivity index (χ3v) is 10.7. The summed E-state index contributed by atoms with van der Waals surface area (Å²) in [4.78, 5) is 2.37. The van der Waals surface area contributed by atoms with E-state index in [1.54, 1.807) is 0 Å². The van der Waals surface area contributed by atoms with Crippen LogP contribution in [0, 0.1) is 0 Å². The fourth-order valence-corrected chi connectivity index (χ4v) is 8.30. The molecule has 8 aromatic carbocycles. The summed E-state index contributed by atoms with van der Waals surface area (Å²) in [6.07, 6.45) is 0. The number of rotatable bonds is 4. The predicted octanol–water partition coefficient (Wildman–Crippen LogP) is 12.9. The van der Waals surface area contributed by atoms with E-state index in [4.69, 9.17) is 0 Å². The Balaban J connectivity index is 1.10. The van der Waals surface area contributed by atoms with E-state index in [9.17, 15) is 0 Å². The smallest absolute Gasteiger partial charge is 0.0582 e. The Morgan fingerprint density at radius 2 is 1.12 bits per heavy atom. The SMILES string of the molecule is CC1(C)c2ccccc2-n2c3ccc(-c4ccc5cc(N(c6ccccc6)c6cccc7ccccc67)ccc5c4)cc3c3cccc1c32. The van der Waals surface area contributed by atoms with Gasteiger partial charge in [-0.25, -0.2) is 0 Å². The Morgan fingerprint density at radius 3 is 2.04 bits per heavy atom. The quantitative estimate of drug-likeness (QED) is 0.189. The molecule has 0 saturated heterocycles. The van der Waals surface area contributed by atoms with E-state index in [1.165, 1.54) is 77.0 Å². The standard InChI is InChI=1S/C47H34N2/c1-47(2)41-18-8-9-20-45(41)49-44-27-25-35(30-40(44)39-17-11-19-42(47)46(39)49)32-22-23-34-29-37(26-24-33(34)28-32)48(36-14-4-3-5-15-36)43-21-10-13-31-12-6-7-16-38(31)43/h3-30H,1-2H3. The van der Waals surface area contributed by atoms with Crippen LogP contribution in [0.3, 0.4) is 0 Å². The molecule has 2 heteroatoms. The first-order chi connectivity index (χ1) is 24.1. The lowest BCUT2D eigenvalue weighted by atomic mass is 9.75. The lowest BCUT2D eigenvalue weighted by Crippen LogP contribution is -2.26. The van der Waals surface area contributed by atoms with E-state index < -0.39 is 0 Å². The molecule has 0 bridgehead atoms. The largest absolute Gasteiger partial charge is 0.310 e. The van der Waals surface area contributed by atoms with Gasteiger partial charge in [0.1, 0.15) is 0 Å². The van der Waals surface area contributed by atoms with Crippen molar-refractivity contribution in [2.24, 2.45) is 0 Å². The van der Waals surface area contributed by atoms with Crippen LogP contribution in [-0.4, -0.2) is 4.57 Å². The number of hydrogen-bond donors (Lipinski definition) is 0. The van der Waals surface area contributed by atoms with Crippen molar-refractivity contribution in [3.8, 4) is 16.8 Å². The molecule has 0 saturated carbocycles. The van der Waals surface area contributed by atoms with Crippen LogP contribution in [0.15, 0.2) is 170 Å². The number of hydrogen-bond acceptors (Lipinski definition) is 1. The van der Waals surface area contributed by atoms with Gasteiger partial charge in [-0.1, -0.05) is 129 Å². The first-order valence-corrected chi connectivity index (χ1v) is 17.1. The highest BCUT2D eigenvalue weighted by Gasteiger charge is 2.34. The molecule has 10 rings (SSSR count). The van der Waals surface area contributed by atoms with Gasteiger partial charge in [-0.3, -0.25) is 0 Å². The number of para-hydroxylation sites is 3. The minimum Gasteiger partial charge on any atom is -0.310 e. The van der Waals surface area contributed by atoms with E-state index in [0.717, 1.165) is 11.4 Å². The van der Waals surface area contributed by atoms with Gasteiger partial charge in [-0.05, 0) is 93.0 Å². The Morgan fingerprint density at radius 1 is 0.449 bits per heavy atom. The van der Waals surface area contributed by atoms with Gasteiger partial charge in [0.2, 0.25) is 0 Å². The number of aromatic nitrogens is 1. The van der Waals surface area contributed by atoms with Crippen LogP contribution in [0.25, 0.3) is 60.2 Å². The van der Waals surface area contributed by atoms with E-state index in [1.807, 2.05) is 0 Å². The van der Waals surface area contributed by atoms with E-state index in [0.29, 0.717) is 0 Å². The van der Waals surface area contributed by atoms with Gasteiger partial charge in [-0.15, -0.1) is 0 Å². The molecule has 2 nitrogen and oxygen atoms in total. The predicted molar refractivity (Wildman–Crippen MR) is 208 cm³/mol. The van der Waals surface area contributed by atoms with Crippen LogP contribution < -0.4 is 4.90 Å². The molecule has 0 N–H and O–H groups in total. The number of anilines is 3. The summed E-state index contributed by atoms with van der Waals surface area (Å²) in [6.45, 7) is 4.71. The van der Waals surface area contributed by atoms with Gasteiger partial charge in [0.05, 0.1) is 22.4 Å². The summed E-state index contributed by atoms with van der Waals surface area (Å²) < 4.78 is 2.49. The molecule has 1 aliphatic heterocycles. The maximum atomic E-state index is 2.49. The molecule has 0 amide bonds. The zero-order valence-electron chi connectivity index (χ0n) is 27.6. The summed E-state index contributed by atoms with van der Waals surface area (Å²) in [5.74, 6) is 0. The van der Waals surface area contributed by atoms with Crippen molar-refractivity contribution in [1.29, 1.82) is 0 Å². The third-order valence-electron chi connectivity index (χ3n) is 10.7. The second-order valence-corrected chi connectivity index (χ2v) is 13.8. The Labute approximate surface area is 286 Å². The van der Waals surface area contributed by atoms with Crippen molar-refractivity contribution >= 4 is 60.4 Å². The molecule has 232 valence electrons. The highest BCUT2D eigenvalue weighted by molar-refractivity contribution is 6.13. The van der Waals surface area contributed by atoms with Gasteiger partial charge in [0.15, 0.2) is 0 Å². The molecule has 1 aromatic heterocycles. The molecule has 0 aliphatic carbocycles. The maximum Gasteiger partial charge on any atom is 0.0582 e. The Bertz CT molecular complexity index is 2740. The minimum absolute atomic E-state index is 0.0653. The van der Waals surface area contributed by atoms with Crippen molar-refractivity contribution in [3.05, 3.63) is 181 Å². The highest BCUT2D eigenvalue weighted by Crippen LogP contribution is 2.48. The Hall–Kier alpha value is -6.12. The molecule has 0 unspecified atom stereocenters. The summed E-state index contributed by atoms with van der Waals surface area (Å²) >= 11 is 0. The zero-order chi connectivity index (χ0) is 32.7. The van der Waals surface area contributed by atoms with Gasteiger partial charge >= 0.3 is 0 Å². The van der Waals surface area contributed by atoms with E-state index in [-0.39, 0.29) is 5.41 Å². The average Bonchev–Trinajstić information content (AvgIpc) is 3.49. The fourth-order valence-electron chi connectivity index (χ4n) is 8.30. The molecule has 0 spiro atoms. The molecule has 2 heterocycles. The molecular formula is C47H34N2. The molecule has 0 atom stereocenters. The topological polar surface area (TPSA) is 8.17 Å². The van der Waals surface area contributed by atoms with Crippen molar-refractivity contribution in [1.82, 2.24) is 4.57 Å². The normalized spacial score (nSPS) is 13.3. The number of nitrogens with zero attached hydrogens (tertiary/aromatic N) is 2. The van der Waals surface area contributed by atoms with Crippen molar-refractivity contribution < 1.29 is 0 Å². The van der Waals surface area contributed by atoms with Crippen molar-refractivity contribution in [2.45, 2.75) is 19.3 Å². The van der Waals surface area contributed by atoms with Crippen LogP contribution >= 0.6 is 0 Å². The summed E-state index contributed by atoms with van der Waals surface area (Å²) in [7, 11) is 0. The van der Waals surface area contributed by atoms with E-state index >= 15 is 0 Å². The molecule has 1 aliphatic rings. The first-order valence-electron chi connectivity index (χ1n) is 17.1. The minimum atomic E-state index is -0.0653. The van der Waals surface area contributed by atoms with Gasteiger partial charge in [-0.2, -0.15) is 0 Å². The Kier molecular flexibility index (Phi) is 5.95. The molecular weight excluding hydrogens is 593 g/mol. The van der Waals surface area contributed by atoms with Crippen LogP contribution in [0.5, 0.6) is 0 Å². The van der Waals surface area contributed by atoms with Crippen LogP contribution in [0.1, 0.15) is 25.0 Å². The lowest BCUT2D eigenvalue weighted by molar-refractivity contribution is 0.630. The highest BCUT2D eigenvalue weighted by atomic mass is 15.1. The summed E-state index contributed by atoms with van der Waals surface area (Å²) in [5, 5.41) is 7.52. The number of fused-ring (bicyclic) bond motifs is 7. The molecule has 9 aromatic rings. The third kappa shape index (κ3) is 4.14. The van der Waals surface area contributed by atoms with Crippen LogP contribution in [-0.2, 0) is 5.41 Å². The van der Waals surface area contributed by atoms with E-state index in [2.05, 4.69) is 193 Å². The lowest BCUT2D eigenvalue weighted by Gasteiger charge is -2.34. The first kappa shape index (κ1) is 27.9.